The lowest BCUT2D eigenvalue weighted by Gasteiger charge is -2.20. The maximum absolute atomic E-state index is 12.0. The molecule has 0 aromatic heterocycles. The number of aliphatic hydroxyl groups excluding tert-OH is 1. The summed E-state index contributed by atoms with van der Waals surface area (Å²) in [5.41, 5.74) is 0.984. The highest BCUT2D eigenvalue weighted by Gasteiger charge is 2.19. The van der Waals surface area contributed by atoms with Gasteiger partial charge in [0.25, 0.3) is 0 Å². The van der Waals surface area contributed by atoms with E-state index >= 15 is 0 Å². The Hall–Kier alpha value is -1.95. The number of carbonyl (C=O) groups excluding carboxylic acids is 1. The molecule has 172 valence electrons. The average Bonchev–Trinajstić information content (AvgIpc) is 2.75. The summed E-state index contributed by atoms with van der Waals surface area (Å²) in [6.07, 6.45) is 6.68. The van der Waals surface area contributed by atoms with Crippen molar-refractivity contribution in [3.05, 3.63) is 17.7 Å². The van der Waals surface area contributed by atoms with Crippen LogP contribution in [0.15, 0.2) is 12.1 Å². The Bertz CT molecular complexity index is 606. The van der Waals surface area contributed by atoms with Gasteiger partial charge >= 0.3 is 0 Å². The van der Waals surface area contributed by atoms with Crippen LogP contribution in [-0.4, -0.2) is 44.0 Å². The monoisotopic (exact) mass is 423 g/mol. The SMILES string of the molecule is CCCCOc1ccc(CCNC(=O)[C@@H](C)CO)c(OCCCC)c1OCCCC. The number of aliphatic hydroxyl groups is 1. The van der Waals surface area contributed by atoms with Gasteiger partial charge in [0.05, 0.1) is 32.3 Å². The Morgan fingerprint density at radius 2 is 1.50 bits per heavy atom. The van der Waals surface area contributed by atoms with Crippen LogP contribution in [0.1, 0.15) is 71.8 Å². The van der Waals surface area contributed by atoms with Crippen LogP contribution in [0, 0.1) is 5.92 Å². The minimum atomic E-state index is -0.410. The maximum atomic E-state index is 12.0. The van der Waals surface area contributed by atoms with Gasteiger partial charge in [-0.25, -0.2) is 0 Å². The molecule has 2 N–H and O–H groups in total. The number of hydrogen-bond acceptors (Lipinski definition) is 5. The summed E-state index contributed by atoms with van der Waals surface area (Å²) in [5, 5.41) is 12.0. The molecule has 0 aliphatic rings. The van der Waals surface area contributed by atoms with E-state index in [0.717, 1.165) is 49.8 Å². The Morgan fingerprint density at radius 3 is 2.07 bits per heavy atom. The molecule has 0 bridgehead atoms. The van der Waals surface area contributed by atoms with Gasteiger partial charge in [-0.05, 0) is 31.7 Å². The van der Waals surface area contributed by atoms with Gasteiger partial charge in [0, 0.05) is 12.1 Å². The second-order valence-corrected chi connectivity index (χ2v) is 7.61. The molecule has 6 nitrogen and oxygen atoms in total. The second kappa shape index (κ2) is 15.8. The smallest absolute Gasteiger partial charge is 0.225 e. The number of rotatable bonds is 17. The molecule has 0 aliphatic heterocycles. The van der Waals surface area contributed by atoms with Crippen molar-refractivity contribution in [2.24, 2.45) is 5.92 Å². The molecule has 30 heavy (non-hydrogen) atoms. The number of amides is 1. The molecule has 1 rings (SSSR count). The molecule has 0 unspecified atom stereocenters. The topological polar surface area (TPSA) is 77.0 Å². The predicted molar refractivity (Wildman–Crippen MR) is 121 cm³/mol. The van der Waals surface area contributed by atoms with Crippen LogP contribution in [0.25, 0.3) is 0 Å². The van der Waals surface area contributed by atoms with Crippen LogP contribution in [0.3, 0.4) is 0 Å². The largest absolute Gasteiger partial charge is 0.490 e. The fourth-order valence-corrected chi connectivity index (χ4v) is 2.73. The van der Waals surface area contributed by atoms with Crippen LogP contribution in [-0.2, 0) is 11.2 Å². The lowest BCUT2D eigenvalue weighted by Crippen LogP contribution is -2.32. The summed E-state index contributed by atoms with van der Waals surface area (Å²) in [7, 11) is 0. The lowest BCUT2D eigenvalue weighted by molar-refractivity contribution is -0.125. The van der Waals surface area contributed by atoms with Crippen molar-refractivity contribution in [1.29, 1.82) is 0 Å². The second-order valence-electron chi connectivity index (χ2n) is 7.61. The molecule has 0 saturated heterocycles. The highest BCUT2D eigenvalue weighted by Crippen LogP contribution is 2.41. The summed E-state index contributed by atoms with van der Waals surface area (Å²) in [6, 6.07) is 3.94. The van der Waals surface area contributed by atoms with E-state index in [1.165, 1.54) is 0 Å². The minimum Gasteiger partial charge on any atom is -0.490 e. The van der Waals surface area contributed by atoms with Gasteiger partial charge < -0.3 is 24.6 Å². The van der Waals surface area contributed by atoms with Crippen LogP contribution >= 0.6 is 0 Å². The van der Waals surface area contributed by atoms with Gasteiger partial charge in [-0.1, -0.05) is 53.0 Å². The Kier molecular flexibility index (Phi) is 13.8. The van der Waals surface area contributed by atoms with Crippen molar-refractivity contribution < 1.29 is 24.1 Å². The van der Waals surface area contributed by atoms with Gasteiger partial charge in [-0.15, -0.1) is 0 Å². The molecule has 0 aliphatic carbocycles. The average molecular weight is 424 g/mol. The first-order chi connectivity index (χ1) is 14.6. The van der Waals surface area contributed by atoms with Crippen molar-refractivity contribution >= 4 is 5.91 Å². The highest BCUT2D eigenvalue weighted by atomic mass is 16.5. The molecule has 6 heteroatoms. The number of nitrogens with one attached hydrogen (secondary N) is 1. The quantitative estimate of drug-likeness (QED) is 0.361. The zero-order valence-electron chi connectivity index (χ0n) is 19.3. The Morgan fingerprint density at radius 1 is 0.933 bits per heavy atom. The van der Waals surface area contributed by atoms with Gasteiger partial charge in [-0.2, -0.15) is 0 Å². The van der Waals surface area contributed by atoms with E-state index in [0.29, 0.717) is 44.3 Å². The molecule has 0 fully saturated rings. The van der Waals surface area contributed by atoms with Crippen LogP contribution < -0.4 is 19.5 Å². The van der Waals surface area contributed by atoms with Gasteiger partial charge in [0.1, 0.15) is 0 Å². The van der Waals surface area contributed by atoms with Crippen molar-refractivity contribution in [1.82, 2.24) is 5.32 Å². The summed E-state index contributed by atoms with van der Waals surface area (Å²) >= 11 is 0. The summed E-state index contributed by atoms with van der Waals surface area (Å²) in [4.78, 5) is 12.0. The van der Waals surface area contributed by atoms with Crippen molar-refractivity contribution in [3.8, 4) is 17.2 Å². The third kappa shape index (κ3) is 9.24. The minimum absolute atomic E-state index is 0.148. The van der Waals surface area contributed by atoms with Gasteiger partial charge in [0.2, 0.25) is 11.7 Å². The number of benzene rings is 1. The molecular formula is C24H41NO5. The molecule has 0 radical (unpaired) electrons. The molecule has 0 saturated carbocycles. The number of carbonyl (C=O) groups is 1. The maximum Gasteiger partial charge on any atom is 0.225 e. The van der Waals surface area contributed by atoms with E-state index in [9.17, 15) is 4.79 Å². The predicted octanol–water partition coefficient (Wildman–Crippen LogP) is 4.51. The van der Waals surface area contributed by atoms with Crippen molar-refractivity contribution in [2.75, 3.05) is 33.0 Å². The van der Waals surface area contributed by atoms with Crippen molar-refractivity contribution in [2.45, 2.75) is 72.6 Å². The van der Waals surface area contributed by atoms with E-state index in [-0.39, 0.29) is 12.5 Å². The number of hydrogen-bond donors (Lipinski definition) is 2. The standard InChI is InChI=1S/C24H41NO5/c1-5-8-15-28-21-12-11-20(13-14-25-24(27)19(4)18-26)22(29-16-9-6-2)23(21)30-17-10-7-3/h11-12,19,26H,5-10,13-18H2,1-4H3,(H,25,27)/t19-/m0/s1. The van der Waals surface area contributed by atoms with Crippen LogP contribution in [0.5, 0.6) is 17.2 Å². The van der Waals surface area contributed by atoms with Gasteiger partial charge in [0.15, 0.2) is 11.5 Å². The molecule has 1 aromatic rings. The molecule has 1 amide bonds. The zero-order chi connectivity index (χ0) is 22.2. The lowest BCUT2D eigenvalue weighted by atomic mass is 10.1. The number of unbranched alkanes of at least 4 members (excludes halogenated alkanes) is 3. The third-order valence-corrected chi connectivity index (χ3v) is 4.82. The van der Waals surface area contributed by atoms with E-state index in [1.807, 2.05) is 12.1 Å². The fourth-order valence-electron chi connectivity index (χ4n) is 2.73. The normalized spacial score (nSPS) is 11.8. The fraction of sp³-hybridized carbons (Fsp3) is 0.708. The highest BCUT2D eigenvalue weighted by molar-refractivity contribution is 5.78. The Balaban J connectivity index is 3.04. The van der Waals surface area contributed by atoms with Gasteiger partial charge in [-0.3, -0.25) is 4.79 Å². The van der Waals surface area contributed by atoms with Crippen LogP contribution in [0.2, 0.25) is 0 Å². The third-order valence-electron chi connectivity index (χ3n) is 4.82. The molecule has 0 heterocycles. The van der Waals surface area contributed by atoms with Crippen LogP contribution in [0.4, 0.5) is 0 Å². The first-order valence-electron chi connectivity index (χ1n) is 11.5. The zero-order valence-corrected chi connectivity index (χ0v) is 19.3. The van der Waals surface area contributed by atoms with E-state index in [2.05, 4.69) is 26.1 Å². The first kappa shape index (κ1) is 26.1. The number of ether oxygens (including phenoxy) is 3. The van der Waals surface area contributed by atoms with Crippen molar-refractivity contribution in [3.63, 3.8) is 0 Å². The first-order valence-corrected chi connectivity index (χ1v) is 11.5. The molecule has 1 atom stereocenters. The molecular weight excluding hydrogens is 382 g/mol. The molecule has 1 aromatic carbocycles. The van der Waals surface area contributed by atoms with E-state index < -0.39 is 5.92 Å². The molecule has 0 spiro atoms. The van der Waals surface area contributed by atoms with E-state index in [1.54, 1.807) is 6.92 Å². The summed E-state index contributed by atoms with van der Waals surface area (Å²) < 4.78 is 18.3. The van der Waals surface area contributed by atoms with E-state index in [4.69, 9.17) is 19.3 Å². The Labute approximate surface area is 182 Å². The summed E-state index contributed by atoms with van der Waals surface area (Å²) in [5.74, 6) is 1.55. The summed E-state index contributed by atoms with van der Waals surface area (Å²) in [6.45, 7) is 10.3.